The van der Waals surface area contributed by atoms with Gasteiger partial charge in [0.25, 0.3) is 0 Å². The second-order valence-electron chi connectivity index (χ2n) is 5.72. The Hall–Kier alpha value is -2.40. The van der Waals surface area contributed by atoms with Crippen molar-refractivity contribution in [2.24, 2.45) is 0 Å². The SMILES string of the molecule is Cc1ccc2c(c1)CN(Cc1cnc3cnccn13)CCO2. The number of benzene rings is 1. The standard InChI is InChI=1S/C17H18N4O/c1-13-2-3-16-14(8-13)11-20(6-7-22-16)12-15-9-19-17-10-18-4-5-21(15)17/h2-5,8-10H,6-7,11-12H2,1H3. The van der Waals surface area contributed by atoms with E-state index in [0.29, 0.717) is 6.61 Å². The van der Waals surface area contributed by atoms with Crippen LogP contribution in [0.1, 0.15) is 16.8 Å². The molecule has 112 valence electrons. The van der Waals surface area contributed by atoms with E-state index < -0.39 is 0 Å². The molecule has 0 N–H and O–H groups in total. The smallest absolute Gasteiger partial charge is 0.155 e. The highest BCUT2D eigenvalue weighted by Gasteiger charge is 2.17. The zero-order chi connectivity index (χ0) is 14.9. The van der Waals surface area contributed by atoms with Crippen LogP contribution in [0.5, 0.6) is 5.75 Å². The molecule has 1 aromatic carbocycles. The van der Waals surface area contributed by atoms with Crippen molar-refractivity contribution in [2.75, 3.05) is 13.2 Å². The van der Waals surface area contributed by atoms with Gasteiger partial charge in [-0.1, -0.05) is 17.7 Å². The number of nitrogens with zero attached hydrogens (tertiary/aromatic N) is 4. The molecule has 0 spiro atoms. The summed E-state index contributed by atoms with van der Waals surface area (Å²) >= 11 is 0. The van der Waals surface area contributed by atoms with Crippen LogP contribution in [0.2, 0.25) is 0 Å². The number of fused-ring (bicyclic) bond motifs is 2. The zero-order valence-electron chi connectivity index (χ0n) is 12.6. The molecule has 1 aliphatic rings. The first-order valence-corrected chi connectivity index (χ1v) is 7.50. The highest BCUT2D eigenvalue weighted by Crippen LogP contribution is 2.25. The van der Waals surface area contributed by atoms with E-state index >= 15 is 0 Å². The molecule has 0 unspecified atom stereocenters. The van der Waals surface area contributed by atoms with E-state index in [2.05, 4.69) is 44.4 Å². The van der Waals surface area contributed by atoms with Gasteiger partial charge in [-0.25, -0.2) is 4.98 Å². The van der Waals surface area contributed by atoms with E-state index in [4.69, 9.17) is 4.74 Å². The maximum atomic E-state index is 5.87. The molecule has 0 bridgehead atoms. The average Bonchev–Trinajstić information content (AvgIpc) is 2.81. The van der Waals surface area contributed by atoms with E-state index in [1.54, 1.807) is 12.4 Å². The third-order valence-corrected chi connectivity index (χ3v) is 4.05. The van der Waals surface area contributed by atoms with Crippen molar-refractivity contribution in [3.05, 3.63) is 59.8 Å². The summed E-state index contributed by atoms with van der Waals surface area (Å²) in [6.45, 7) is 5.49. The lowest BCUT2D eigenvalue weighted by Crippen LogP contribution is -2.25. The fourth-order valence-electron chi connectivity index (χ4n) is 2.95. The van der Waals surface area contributed by atoms with Gasteiger partial charge in [-0.2, -0.15) is 0 Å². The minimum atomic E-state index is 0.717. The number of aromatic nitrogens is 3. The topological polar surface area (TPSA) is 42.7 Å². The lowest BCUT2D eigenvalue weighted by Gasteiger charge is -2.19. The molecular formula is C17H18N4O. The fourth-order valence-corrected chi connectivity index (χ4v) is 2.95. The minimum absolute atomic E-state index is 0.717. The Morgan fingerprint density at radius 1 is 1.27 bits per heavy atom. The summed E-state index contributed by atoms with van der Waals surface area (Å²) in [5, 5.41) is 0. The van der Waals surface area contributed by atoms with Crippen LogP contribution in [0.15, 0.2) is 43.0 Å². The summed E-state index contributed by atoms with van der Waals surface area (Å²) in [6, 6.07) is 6.39. The predicted molar refractivity (Wildman–Crippen MR) is 83.8 cm³/mol. The molecule has 0 fully saturated rings. The molecule has 1 aliphatic heterocycles. The largest absolute Gasteiger partial charge is 0.492 e. The van der Waals surface area contributed by atoms with Crippen molar-refractivity contribution in [2.45, 2.75) is 20.0 Å². The van der Waals surface area contributed by atoms with Gasteiger partial charge >= 0.3 is 0 Å². The van der Waals surface area contributed by atoms with Gasteiger partial charge in [-0.15, -0.1) is 0 Å². The first-order valence-electron chi connectivity index (χ1n) is 7.50. The quantitative estimate of drug-likeness (QED) is 0.728. The lowest BCUT2D eigenvalue weighted by atomic mass is 10.1. The molecule has 5 nitrogen and oxygen atoms in total. The van der Waals surface area contributed by atoms with E-state index in [1.807, 2.05) is 12.4 Å². The van der Waals surface area contributed by atoms with Crippen LogP contribution >= 0.6 is 0 Å². The minimum Gasteiger partial charge on any atom is -0.492 e. The molecule has 3 aromatic rings. The van der Waals surface area contributed by atoms with Gasteiger partial charge in [-0.05, 0) is 13.0 Å². The molecule has 4 rings (SSSR count). The number of hydrogen-bond donors (Lipinski definition) is 0. The van der Waals surface area contributed by atoms with Crippen LogP contribution in [-0.2, 0) is 13.1 Å². The van der Waals surface area contributed by atoms with Crippen LogP contribution in [0, 0.1) is 6.92 Å². The van der Waals surface area contributed by atoms with Crippen molar-refractivity contribution in [3.63, 3.8) is 0 Å². The maximum absolute atomic E-state index is 5.87. The lowest BCUT2D eigenvalue weighted by molar-refractivity contribution is 0.217. The summed E-state index contributed by atoms with van der Waals surface area (Å²) in [4.78, 5) is 10.9. The fraction of sp³-hybridized carbons (Fsp3) is 0.294. The Morgan fingerprint density at radius 3 is 3.18 bits per heavy atom. The van der Waals surface area contributed by atoms with Crippen LogP contribution in [-0.4, -0.2) is 32.4 Å². The Bertz CT molecular complexity index is 811. The van der Waals surface area contributed by atoms with Crippen molar-refractivity contribution in [1.29, 1.82) is 0 Å². The maximum Gasteiger partial charge on any atom is 0.155 e. The second kappa shape index (κ2) is 5.42. The normalized spacial score (nSPS) is 15.3. The number of rotatable bonds is 2. The number of aryl methyl sites for hydroxylation is 1. The zero-order valence-corrected chi connectivity index (χ0v) is 12.6. The van der Waals surface area contributed by atoms with Crippen molar-refractivity contribution < 1.29 is 4.74 Å². The molecular weight excluding hydrogens is 276 g/mol. The molecule has 22 heavy (non-hydrogen) atoms. The van der Waals surface area contributed by atoms with Crippen LogP contribution in [0.3, 0.4) is 0 Å². The highest BCUT2D eigenvalue weighted by molar-refractivity contribution is 5.38. The molecule has 5 heteroatoms. The first kappa shape index (κ1) is 13.3. The monoisotopic (exact) mass is 294 g/mol. The van der Waals surface area contributed by atoms with Crippen molar-refractivity contribution in [1.82, 2.24) is 19.3 Å². The Kier molecular flexibility index (Phi) is 3.27. The Balaban J connectivity index is 1.60. The highest BCUT2D eigenvalue weighted by atomic mass is 16.5. The molecule has 0 radical (unpaired) electrons. The van der Waals surface area contributed by atoms with Crippen LogP contribution < -0.4 is 4.74 Å². The van der Waals surface area contributed by atoms with Gasteiger partial charge in [-0.3, -0.25) is 14.3 Å². The molecule has 0 saturated heterocycles. The van der Waals surface area contributed by atoms with E-state index in [-0.39, 0.29) is 0 Å². The Morgan fingerprint density at radius 2 is 2.23 bits per heavy atom. The summed E-state index contributed by atoms with van der Waals surface area (Å²) in [5.41, 5.74) is 4.59. The van der Waals surface area contributed by atoms with Crippen LogP contribution in [0.25, 0.3) is 5.65 Å². The van der Waals surface area contributed by atoms with Crippen molar-refractivity contribution in [3.8, 4) is 5.75 Å². The van der Waals surface area contributed by atoms with E-state index in [0.717, 1.165) is 31.0 Å². The predicted octanol–water partition coefficient (Wildman–Crippen LogP) is 2.43. The number of imidazole rings is 1. The number of ether oxygens (including phenoxy) is 1. The molecule has 0 saturated carbocycles. The third-order valence-electron chi connectivity index (χ3n) is 4.05. The Labute approximate surface area is 129 Å². The summed E-state index contributed by atoms with van der Waals surface area (Å²) < 4.78 is 7.96. The van der Waals surface area contributed by atoms with Gasteiger partial charge in [0.2, 0.25) is 0 Å². The summed E-state index contributed by atoms with van der Waals surface area (Å²) in [6.07, 6.45) is 7.47. The third kappa shape index (κ3) is 2.44. The summed E-state index contributed by atoms with van der Waals surface area (Å²) in [7, 11) is 0. The van der Waals surface area contributed by atoms with Crippen molar-refractivity contribution >= 4 is 5.65 Å². The number of hydrogen-bond acceptors (Lipinski definition) is 4. The summed E-state index contributed by atoms with van der Waals surface area (Å²) in [5.74, 6) is 1.01. The van der Waals surface area contributed by atoms with E-state index in [1.165, 1.54) is 16.8 Å². The van der Waals surface area contributed by atoms with E-state index in [9.17, 15) is 0 Å². The van der Waals surface area contributed by atoms with Gasteiger partial charge < -0.3 is 4.74 Å². The van der Waals surface area contributed by atoms with Gasteiger partial charge in [0, 0.05) is 37.6 Å². The van der Waals surface area contributed by atoms with Crippen LogP contribution in [0.4, 0.5) is 0 Å². The molecule has 0 amide bonds. The average molecular weight is 294 g/mol. The van der Waals surface area contributed by atoms with Gasteiger partial charge in [0.15, 0.2) is 5.65 Å². The molecule has 0 aliphatic carbocycles. The molecule has 0 atom stereocenters. The molecule has 2 aromatic heterocycles. The van der Waals surface area contributed by atoms with Gasteiger partial charge in [0.05, 0.1) is 18.1 Å². The first-order chi connectivity index (χ1) is 10.8. The second-order valence-corrected chi connectivity index (χ2v) is 5.72. The van der Waals surface area contributed by atoms with Gasteiger partial charge in [0.1, 0.15) is 12.4 Å². The molecule has 3 heterocycles.